The van der Waals surface area contributed by atoms with Crippen molar-refractivity contribution in [1.29, 1.82) is 0 Å². The molecule has 1 aliphatic rings. The van der Waals surface area contributed by atoms with E-state index in [2.05, 4.69) is 17.1 Å². The zero-order chi connectivity index (χ0) is 13.0. The Labute approximate surface area is 107 Å². The van der Waals surface area contributed by atoms with Crippen LogP contribution in [0.5, 0.6) is 0 Å². The summed E-state index contributed by atoms with van der Waals surface area (Å²) in [6.45, 7) is 6.08. The second kappa shape index (κ2) is 6.25. The minimum Gasteiger partial charge on any atom is -0.315 e. The average molecular weight is 254 g/mol. The third-order valence-corrected chi connectivity index (χ3v) is 3.57. The molecule has 1 aliphatic heterocycles. The van der Waals surface area contributed by atoms with Gasteiger partial charge in [0.25, 0.3) is 6.43 Å². The molecule has 0 spiro atoms. The van der Waals surface area contributed by atoms with Gasteiger partial charge in [-0.3, -0.25) is 4.90 Å². The van der Waals surface area contributed by atoms with Gasteiger partial charge in [-0.15, -0.1) is 0 Å². The van der Waals surface area contributed by atoms with Crippen LogP contribution in [0.2, 0.25) is 0 Å². The molecule has 0 bridgehead atoms. The second-order valence-corrected chi connectivity index (χ2v) is 4.75. The fourth-order valence-corrected chi connectivity index (χ4v) is 2.45. The average Bonchev–Trinajstić information content (AvgIpc) is 2.90. The van der Waals surface area contributed by atoms with Crippen molar-refractivity contribution in [2.24, 2.45) is 0 Å². The van der Waals surface area contributed by atoms with Gasteiger partial charge in [-0.25, -0.2) is 8.78 Å². The fourth-order valence-electron chi connectivity index (χ4n) is 2.45. The molecule has 0 amide bonds. The predicted molar refractivity (Wildman–Crippen MR) is 68.8 cm³/mol. The van der Waals surface area contributed by atoms with Crippen molar-refractivity contribution >= 4 is 0 Å². The molecule has 0 radical (unpaired) electrons. The smallest absolute Gasteiger partial charge is 0.263 e. The number of benzene rings is 1. The van der Waals surface area contributed by atoms with E-state index in [-0.39, 0.29) is 5.56 Å². The number of hydrogen-bond acceptors (Lipinski definition) is 2. The Balaban J connectivity index is 1.98. The van der Waals surface area contributed by atoms with E-state index in [4.69, 9.17) is 0 Å². The Kier molecular flexibility index (Phi) is 4.66. The van der Waals surface area contributed by atoms with Crippen LogP contribution in [-0.2, 0) is 6.54 Å². The maximum atomic E-state index is 12.5. The highest BCUT2D eigenvalue weighted by molar-refractivity contribution is 5.23. The molecule has 1 aromatic carbocycles. The van der Waals surface area contributed by atoms with Crippen molar-refractivity contribution in [3.8, 4) is 0 Å². The first-order chi connectivity index (χ1) is 8.70. The van der Waals surface area contributed by atoms with Crippen LogP contribution in [-0.4, -0.2) is 30.6 Å². The van der Waals surface area contributed by atoms with Crippen molar-refractivity contribution in [1.82, 2.24) is 10.2 Å². The predicted octanol–water partition coefficient (Wildman–Crippen LogP) is 2.81. The Hall–Kier alpha value is -1.00. The molecule has 1 heterocycles. The Morgan fingerprint density at radius 1 is 1.33 bits per heavy atom. The highest BCUT2D eigenvalue weighted by Crippen LogP contribution is 2.20. The van der Waals surface area contributed by atoms with Gasteiger partial charge in [0, 0.05) is 24.7 Å². The highest BCUT2D eigenvalue weighted by Gasteiger charge is 2.20. The van der Waals surface area contributed by atoms with E-state index < -0.39 is 6.43 Å². The topological polar surface area (TPSA) is 15.3 Å². The van der Waals surface area contributed by atoms with Crippen molar-refractivity contribution in [3.05, 3.63) is 35.4 Å². The molecule has 1 unspecified atom stereocenters. The van der Waals surface area contributed by atoms with E-state index in [0.29, 0.717) is 6.04 Å². The molecule has 1 aromatic rings. The third-order valence-electron chi connectivity index (χ3n) is 3.57. The van der Waals surface area contributed by atoms with Crippen LogP contribution in [0, 0.1) is 0 Å². The molecular formula is C14H20F2N2. The molecule has 0 aromatic heterocycles. The van der Waals surface area contributed by atoms with Crippen LogP contribution < -0.4 is 5.32 Å². The fraction of sp³-hybridized carbons (Fsp3) is 0.571. The lowest BCUT2D eigenvalue weighted by molar-refractivity contribution is 0.151. The van der Waals surface area contributed by atoms with Crippen molar-refractivity contribution in [2.45, 2.75) is 32.4 Å². The van der Waals surface area contributed by atoms with Gasteiger partial charge in [0.05, 0.1) is 0 Å². The zero-order valence-corrected chi connectivity index (χ0v) is 10.7. The third kappa shape index (κ3) is 3.27. The van der Waals surface area contributed by atoms with E-state index in [1.54, 1.807) is 0 Å². The molecule has 2 rings (SSSR count). The summed E-state index contributed by atoms with van der Waals surface area (Å²) in [5.74, 6) is 0. The summed E-state index contributed by atoms with van der Waals surface area (Å²) >= 11 is 0. The van der Waals surface area contributed by atoms with E-state index in [1.807, 2.05) is 12.1 Å². The number of nitrogens with zero attached hydrogens (tertiary/aromatic N) is 1. The van der Waals surface area contributed by atoms with Crippen LogP contribution in [0.4, 0.5) is 8.78 Å². The standard InChI is InChI=1S/C14H20F2N2/c1-2-18(13-7-8-17-9-13)10-11-3-5-12(6-4-11)14(15)16/h3-6,13-14,17H,2,7-10H2,1H3. The maximum Gasteiger partial charge on any atom is 0.263 e. The van der Waals surface area contributed by atoms with Gasteiger partial charge in [-0.1, -0.05) is 31.2 Å². The molecule has 4 heteroatoms. The zero-order valence-electron chi connectivity index (χ0n) is 10.7. The van der Waals surface area contributed by atoms with Gasteiger partial charge in [0.1, 0.15) is 0 Å². The maximum absolute atomic E-state index is 12.5. The summed E-state index contributed by atoms with van der Waals surface area (Å²) in [5, 5.41) is 3.36. The monoisotopic (exact) mass is 254 g/mol. The van der Waals surface area contributed by atoms with Crippen LogP contribution >= 0.6 is 0 Å². The van der Waals surface area contributed by atoms with Gasteiger partial charge < -0.3 is 5.32 Å². The van der Waals surface area contributed by atoms with Crippen LogP contribution in [0.3, 0.4) is 0 Å². The summed E-state index contributed by atoms with van der Waals surface area (Å²) in [4.78, 5) is 2.40. The number of hydrogen-bond donors (Lipinski definition) is 1. The van der Waals surface area contributed by atoms with E-state index in [0.717, 1.165) is 31.7 Å². The molecule has 1 fully saturated rings. The van der Waals surface area contributed by atoms with Gasteiger partial charge in [-0.05, 0) is 25.1 Å². The highest BCUT2D eigenvalue weighted by atomic mass is 19.3. The number of halogens is 2. The summed E-state index contributed by atoms with van der Waals surface area (Å²) in [5.41, 5.74) is 1.21. The quantitative estimate of drug-likeness (QED) is 0.869. The molecular weight excluding hydrogens is 234 g/mol. The number of alkyl halides is 2. The largest absolute Gasteiger partial charge is 0.315 e. The van der Waals surface area contributed by atoms with Crippen LogP contribution in [0.15, 0.2) is 24.3 Å². The Morgan fingerprint density at radius 3 is 2.56 bits per heavy atom. The minimum atomic E-state index is -2.37. The van der Waals surface area contributed by atoms with Crippen molar-refractivity contribution in [2.75, 3.05) is 19.6 Å². The summed E-state index contributed by atoms with van der Waals surface area (Å²) in [7, 11) is 0. The minimum absolute atomic E-state index is 0.101. The van der Waals surface area contributed by atoms with Crippen LogP contribution in [0.1, 0.15) is 30.9 Å². The van der Waals surface area contributed by atoms with E-state index in [1.165, 1.54) is 18.6 Å². The number of rotatable bonds is 5. The molecule has 2 nitrogen and oxygen atoms in total. The molecule has 18 heavy (non-hydrogen) atoms. The van der Waals surface area contributed by atoms with Crippen LogP contribution in [0.25, 0.3) is 0 Å². The molecule has 0 saturated carbocycles. The lowest BCUT2D eigenvalue weighted by Crippen LogP contribution is -2.36. The normalized spacial score (nSPS) is 19.9. The van der Waals surface area contributed by atoms with E-state index >= 15 is 0 Å². The first kappa shape index (κ1) is 13.4. The molecule has 100 valence electrons. The molecule has 1 saturated heterocycles. The Bertz CT molecular complexity index is 359. The summed E-state index contributed by atoms with van der Waals surface area (Å²) in [6.07, 6.45) is -1.21. The first-order valence-corrected chi connectivity index (χ1v) is 6.52. The van der Waals surface area contributed by atoms with Gasteiger partial charge in [-0.2, -0.15) is 0 Å². The molecule has 1 atom stereocenters. The van der Waals surface area contributed by atoms with Crippen molar-refractivity contribution < 1.29 is 8.78 Å². The SMILES string of the molecule is CCN(Cc1ccc(C(F)F)cc1)C1CCNC1. The second-order valence-electron chi connectivity index (χ2n) is 4.75. The van der Waals surface area contributed by atoms with E-state index in [9.17, 15) is 8.78 Å². The Morgan fingerprint density at radius 2 is 2.06 bits per heavy atom. The lowest BCUT2D eigenvalue weighted by atomic mass is 10.1. The van der Waals surface area contributed by atoms with Crippen molar-refractivity contribution in [3.63, 3.8) is 0 Å². The summed E-state index contributed by atoms with van der Waals surface area (Å²) in [6, 6.07) is 7.25. The summed E-state index contributed by atoms with van der Waals surface area (Å²) < 4.78 is 24.9. The van der Waals surface area contributed by atoms with Gasteiger partial charge >= 0.3 is 0 Å². The van der Waals surface area contributed by atoms with Gasteiger partial charge in [0.2, 0.25) is 0 Å². The number of nitrogens with one attached hydrogen (secondary N) is 1. The van der Waals surface area contributed by atoms with Gasteiger partial charge in [0.15, 0.2) is 0 Å². The first-order valence-electron chi connectivity index (χ1n) is 6.52. The number of likely N-dealkylation sites (N-methyl/N-ethyl adjacent to an activating group) is 1. The molecule has 0 aliphatic carbocycles. The molecule has 1 N–H and O–H groups in total. The lowest BCUT2D eigenvalue weighted by Gasteiger charge is -2.26.